The molecule has 0 atom stereocenters. The maximum absolute atomic E-state index is 12.6. The van der Waals surface area contributed by atoms with Crippen LogP contribution < -0.4 is 5.32 Å². The number of amides is 1. The lowest BCUT2D eigenvalue weighted by Gasteiger charge is -2.04. The van der Waals surface area contributed by atoms with Crippen LogP contribution in [0.3, 0.4) is 0 Å². The molecule has 1 aliphatic rings. The van der Waals surface area contributed by atoms with E-state index in [2.05, 4.69) is 32.0 Å². The zero-order valence-corrected chi connectivity index (χ0v) is 13.9. The Labute approximate surface area is 143 Å². The van der Waals surface area contributed by atoms with Crippen molar-refractivity contribution in [1.82, 2.24) is 20.6 Å². The molecule has 0 fully saturated rings. The first-order chi connectivity index (χ1) is 11.8. The first-order valence-electron chi connectivity index (χ1n) is 8.06. The highest BCUT2D eigenvalue weighted by molar-refractivity contribution is 7.14. The van der Waals surface area contributed by atoms with Crippen molar-refractivity contribution in [1.29, 1.82) is 0 Å². The van der Waals surface area contributed by atoms with Crippen LogP contribution >= 0.6 is 11.3 Å². The lowest BCUT2D eigenvalue weighted by atomic mass is 10.1. The van der Waals surface area contributed by atoms with E-state index in [4.69, 9.17) is 0 Å². The number of fused-ring (bicyclic) bond motifs is 1. The largest absolute Gasteiger partial charge is 0.321 e. The topological polar surface area (TPSA) is 83.6 Å². The first-order valence-corrected chi connectivity index (χ1v) is 8.88. The number of aromatic nitrogens is 4. The van der Waals surface area contributed by atoms with Crippen molar-refractivity contribution in [2.24, 2.45) is 0 Å². The van der Waals surface area contributed by atoms with Crippen LogP contribution in [0.1, 0.15) is 39.4 Å². The van der Waals surface area contributed by atoms with Gasteiger partial charge in [0.2, 0.25) is 5.82 Å². The molecule has 2 aromatic heterocycles. The molecule has 0 radical (unpaired) electrons. The zero-order valence-electron chi connectivity index (χ0n) is 13.1. The molecule has 1 aromatic carbocycles. The summed E-state index contributed by atoms with van der Waals surface area (Å²) >= 11 is 1.63. The molecule has 0 saturated carbocycles. The number of aryl methyl sites for hydroxylation is 2. The molecule has 1 amide bonds. The van der Waals surface area contributed by atoms with Crippen molar-refractivity contribution >= 4 is 22.9 Å². The SMILES string of the molecule is O=C(Nc1cccc(-c2nn[nH]n2)c1)c1cc2c(s1)CCCCC2. The van der Waals surface area contributed by atoms with E-state index in [9.17, 15) is 4.79 Å². The lowest BCUT2D eigenvalue weighted by molar-refractivity contribution is 0.103. The van der Waals surface area contributed by atoms with Crippen molar-refractivity contribution in [3.8, 4) is 11.4 Å². The number of thiophene rings is 1. The molecule has 0 unspecified atom stereocenters. The minimum absolute atomic E-state index is 0.0571. The summed E-state index contributed by atoms with van der Waals surface area (Å²) in [4.78, 5) is 14.7. The van der Waals surface area contributed by atoms with Crippen molar-refractivity contribution in [2.75, 3.05) is 5.32 Å². The van der Waals surface area contributed by atoms with E-state index >= 15 is 0 Å². The van der Waals surface area contributed by atoms with Gasteiger partial charge in [-0.1, -0.05) is 18.6 Å². The molecule has 1 aliphatic carbocycles. The van der Waals surface area contributed by atoms with E-state index in [-0.39, 0.29) is 5.91 Å². The number of rotatable bonds is 3. The monoisotopic (exact) mass is 339 g/mol. The number of aromatic amines is 1. The summed E-state index contributed by atoms with van der Waals surface area (Å²) in [6, 6.07) is 9.52. The normalized spacial score (nSPS) is 14.0. The van der Waals surface area contributed by atoms with E-state index in [0.29, 0.717) is 5.82 Å². The lowest BCUT2D eigenvalue weighted by Crippen LogP contribution is -2.10. The third-order valence-corrected chi connectivity index (χ3v) is 5.43. The van der Waals surface area contributed by atoms with E-state index in [1.54, 1.807) is 11.3 Å². The second-order valence-electron chi connectivity index (χ2n) is 5.89. The van der Waals surface area contributed by atoms with Gasteiger partial charge in [0.15, 0.2) is 0 Å². The quantitative estimate of drug-likeness (QED) is 0.716. The Morgan fingerprint density at radius 2 is 2.08 bits per heavy atom. The summed E-state index contributed by atoms with van der Waals surface area (Å²) in [6.45, 7) is 0. The van der Waals surface area contributed by atoms with Gasteiger partial charge >= 0.3 is 0 Å². The number of hydrogen-bond donors (Lipinski definition) is 2. The Morgan fingerprint density at radius 3 is 2.96 bits per heavy atom. The maximum Gasteiger partial charge on any atom is 0.265 e. The minimum atomic E-state index is -0.0571. The van der Waals surface area contributed by atoms with E-state index in [1.165, 1.54) is 29.7 Å². The van der Waals surface area contributed by atoms with Gasteiger partial charge in [-0.15, -0.1) is 21.5 Å². The number of carbonyl (C=O) groups is 1. The van der Waals surface area contributed by atoms with Gasteiger partial charge in [0, 0.05) is 16.1 Å². The number of H-pyrrole nitrogens is 1. The van der Waals surface area contributed by atoms with Crippen LogP contribution in [-0.4, -0.2) is 26.5 Å². The summed E-state index contributed by atoms with van der Waals surface area (Å²) in [5, 5.41) is 16.9. The van der Waals surface area contributed by atoms with Crippen LogP contribution in [0.15, 0.2) is 30.3 Å². The summed E-state index contributed by atoms with van der Waals surface area (Å²) in [5.74, 6) is 0.451. The summed E-state index contributed by atoms with van der Waals surface area (Å²) < 4.78 is 0. The van der Waals surface area contributed by atoms with Gasteiger partial charge < -0.3 is 5.32 Å². The van der Waals surface area contributed by atoms with E-state index < -0.39 is 0 Å². The molecular weight excluding hydrogens is 322 g/mol. The number of benzene rings is 1. The molecule has 0 bridgehead atoms. The Morgan fingerprint density at radius 1 is 1.17 bits per heavy atom. The summed E-state index contributed by atoms with van der Waals surface area (Å²) in [5.41, 5.74) is 2.89. The fourth-order valence-corrected chi connectivity index (χ4v) is 4.14. The highest BCUT2D eigenvalue weighted by Crippen LogP contribution is 2.29. The number of nitrogens with one attached hydrogen (secondary N) is 2. The predicted octanol–water partition coefficient (Wildman–Crippen LogP) is 3.45. The molecule has 4 rings (SSSR count). The molecule has 0 aliphatic heterocycles. The van der Waals surface area contributed by atoms with Gasteiger partial charge in [-0.25, -0.2) is 0 Å². The van der Waals surface area contributed by atoms with Gasteiger partial charge in [-0.2, -0.15) is 5.21 Å². The zero-order chi connectivity index (χ0) is 16.4. The first kappa shape index (κ1) is 15.0. The predicted molar refractivity (Wildman–Crippen MR) is 93.1 cm³/mol. The fraction of sp³-hybridized carbons (Fsp3) is 0.294. The van der Waals surface area contributed by atoms with Crippen molar-refractivity contribution in [3.63, 3.8) is 0 Å². The van der Waals surface area contributed by atoms with E-state index in [0.717, 1.165) is 29.0 Å². The Hall–Kier alpha value is -2.54. The van der Waals surface area contributed by atoms with Crippen LogP contribution in [0.2, 0.25) is 0 Å². The summed E-state index contributed by atoms with van der Waals surface area (Å²) in [7, 11) is 0. The molecule has 6 nitrogen and oxygen atoms in total. The van der Waals surface area contributed by atoms with Crippen molar-refractivity contribution in [3.05, 3.63) is 45.6 Å². The summed E-state index contributed by atoms with van der Waals surface area (Å²) in [6.07, 6.45) is 5.91. The van der Waals surface area contributed by atoms with Gasteiger partial charge in [0.1, 0.15) is 0 Å². The highest BCUT2D eigenvalue weighted by atomic mass is 32.1. The second-order valence-corrected chi connectivity index (χ2v) is 7.03. The molecule has 7 heteroatoms. The van der Waals surface area contributed by atoms with Crippen LogP contribution in [0, 0.1) is 0 Å². The molecular formula is C17H17N5OS. The number of hydrogen-bond acceptors (Lipinski definition) is 5. The Kier molecular flexibility index (Phi) is 4.08. The Bertz CT molecular complexity index is 832. The van der Waals surface area contributed by atoms with Crippen LogP contribution in [0.5, 0.6) is 0 Å². The number of nitrogens with zero attached hydrogens (tertiary/aromatic N) is 3. The standard InChI is InChI=1S/C17H17N5OS/c23-17(15-10-11-5-2-1-3-8-14(11)24-15)18-13-7-4-6-12(9-13)16-19-21-22-20-16/h4,6-7,9-10H,1-3,5,8H2,(H,18,23)(H,19,20,21,22). The third kappa shape index (κ3) is 3.07. The average molecular weight is 339 g/mol. The van der Waals surface area contributed by atoms with Gasteiger partial charge in [-0.05, 0) is 54.7 Å². The molecule has 0 spiro atoms. The van der Waals surface area contributed by atoms with Crippen molar-refractivity contribution < 1.29 is 4.79 Å². The number of carbonyl (C=O) groups excluding carboxylic acids is 1. The highest BCUT2D eigenvalue weighted by Gasteiger charge is 2.16. The van der Waals surface area contributed by atoms with Crippen LogP contribution in [0.25, 0.3) is 11.4 Å². The van der Waals surface area contributed by atoms with Gasteiger partial charge in [0.05, 0.1) is 4.88 Å². The average Bonchev–Trinajstić information content (AvgIpc) is 3.22. The van der Waals surface area contributed by atoms with E-state index in [1.807, 2.05) is 24.3 Å². The minimum Gasteiger partial charge on any atom is -0.321 e. The maximum atomic E-state index is 12.6. The smallest absolute Gasteiger partial charge is 0.265 e. The number of tetrazole rings is 1. The molecule has 24 heavy (non-hydrogen) atoms. The number of anilines is 1. The third-order valence-electron chi connectivity index (χ3n) is 4.19. The molecule has 122 valence electrons. The van der Waals surface area contributed by atoms with Crippen molar-refractivity contribution in [2.45, 2.75) is 32.1 Å². The molecule has 2 heterocycles. The van der Waals surface area contributed by atoms with Crippen LogP contribution in [0.4, 0.5) is 5.69 Å². The molecule has 0 saturated heterocycles. The van der Waals surface area contributed by atoms with Crippen LogP contribution in [-0.2, 0) is 12.8 Å². The Balaban J connectivity index is 1.53. The van der Waals surface area contributed by atoms with Gasteiger partial charge in [-0.3, -0.25) is 4.79 Å². The fourth-order valence-electron chi connectivity index (χ4n) is 2.99. The molecule has 3 aromatic rings. The van der Waals surface area contributed by atoms with Gasteiger partial charge in [0.25, 0.3) is 5.91 Å². The molecule has 2 N–H and O–H groups in total. The second kappa shape index (κ2) is 6.52.